The zero-order valence-corrected chi connectivity index (χ0v) is 16.6. The molecular weight excluding hydrogens is 360 g/mol. The van der Waals surface area contributed by atoms with Gasteiger partial charge >= 0.3 is 5.97 Å². The van der Waals surface area contributed by atoms with Crippen molar-refractivity contribution in [2.75, 3.05) is 0 Å². The highest BCUT2D eigenvalue weighted by molar-refractivity contribution is 5.66. The summed E-state index contributed by atoms with van der Waals surface area (Å²) in [5, 5.41) is 38.3. The maximum absolute atomic E-state index is 10.3. The molecule has 0 unspecified atom stereocenters. The molecule has 158 valence electrons. The van der Waals surface area contributed by atoms with Crippen LogP contribution in [0.15, 0.2) is 48.6 Å². The minimum absolute atomic E-state index is 0.160. The van der Waals surface area contributed by atoms with Crippen molar-refractivity contribution >= 4 is 5.97 Å². The average molecular weight is 395 g/mol. The highest BCUT2D eigenvalue weighted by Crippen LogP contribution is 2.25. The minimum Gasteiger partial charge on any atom is -0.481 e. The molecule has 0 aliphatic carbocycles. The first-order valence-corrected chi connectivity index (χ1v) is 9.98. The fourth-order valence-electron chi connectivity index (χ4n) is 2.82. The number of aliphatic hydroxyl groups is 3. The van der Waals surface area contributed by atoms with Crippen molar-refractivity contribution in [3.63, 3.8) is 0 Å². The summed E-state index contributed by atoms with van der Waals surface area (Å²) < 4.78 is 5.63. The molecule has 1 fully saturated rings. The molecule has 0 aromatic carbocycles. The van der Waals surface area contributed by atoms with Gasteiger partial charge in [0.05, 0.1) is 24.4 Å². The summed E-state index contributed by atoms with van der Waals surface area (Å²) in [7, 11) is 0. The van der Waals surface area contributed by atoms with Crippen molar-refractivity contribution in [2.24, 2.45) is 0 Å². The van der Waals surface area contributed by atoms with Crippen LogP contribution in [0.4, 0.5) is 0 Å². The number of ether oxygens (including phenoxy) is 1. The maximum atomic E-state index is 10.3. The average Bonchev–Trinajstić information content (AvgIpc) is 3.04. The Kier molecular flexibility index (Phi) is 12.4. The molecule has 4 N–H and O–H groups in total. The van der Waals surface area contributed by atoms with E-state index in [9.17, 15) is 20.1 Å². The van der Waals surface area contributed by atoms with Crippen LogP contribution in [0.2, 0.25) is 0 Å². The maximum Gasteiger partial charge on any atom is 0.303 e. The predicted octanol–water partition coefficient (Wildman–Crippen LogP) is 2.90. The number of carbonyl (C=O) groups is 1. The second-order valence-electron chi connectivity index (χ2n) is 6.92. The second kappa shape index (κ2) is 14.3. The lowest BCUT2D eigenvalue weighted by Gasteiger charge is -2.16. The van der Waals surface area contributed by atoms with Gasteiger partial charge in [0.15, 0.2) is 0 Å². The number of aliphatic hydroxyl groups excluding tert-OH is 3. The van der Waals surface area contributed by atoms with Crippen molar-refractivity contribution in [3.05, 3.63) is 48.6 Å². The summed E-state index contributed by atoms with van der Waals surface area (Å²) in [4.78, 5) is 10.3. The molecule has 6 nitrogen and oxygen atoms in total. The van der Waals surface area contributed by atoms with Gasteiger partial charge in [-0.25, -0.2) is 0 Å². The molecule has 1 rings (SSSR count). The molecule has 1 saturated heterocycles. The third-order valence-electron chi connectivity index (χ3n) is 4.50. The van der Waals surface area contributed by atoms with Crippen LogP contribution in [0.5, 0.6) is 0 Å². The third kappa shape index (κ3) is 10.6. The smallest absolute Gasteiger partial charge is 0.303 e. The number of allylic oxidation sites excluding steroid dienone is 5. The molecule has 0 saturated carbocycles. The Morgan fingerprint density at radius 3 is 2.39 bits per heavy atom. The first-order chi connectivity index (χ1) is 13.4. The van der Waals surface area contributed by atoms with Crippen LogP contribution in [0.25, 0.3) is 0 Å². The highest BCUT2D eigenvalue weighted by atomic mass is 16.5. The third-order valence-corrected chi connectivity index (χ3v) is 4.50. The summed E-state index contributed by atoms with van der Waals surface area (Å²) in [5.41, 5.74) is 0. The Bertz CT molecular complexity index is 551. The van der Waals surface area contributed by atoms with Gasteiger partial charge in [-0.15, -0.1) is 0 Å². The van der Waals surface area contributed by atoms with E-state index in [-0.39, 0.29) is 12.5 Å². The quantitative estimate of drug-likeness (QED) is 0.358. The molecular formula is C22H34O6. The second-order valence-corrected chi connectivity index (χ2v) is 6.92. The summed E-state index contributed by atoms with van der Waals surface area (Å²) >= 11 is 0. The lowest BCUT2D eigenvalue weighted by molar-refractivity contribution is -0.136. The van der Waals surface area contributed by atoms with Gasteiger partial charge in [0.2, 0.25) is 0 Å². The Morgan fingerprint density at radius 2 is 1.75 bits per heavy atom. The van der Waals surface area contributed by atoms with Gasteiger partial charge in [0, 0.05) is 12.8 Å². The fourth-order valence-corrected chi connectivity index (χ4v) is 2.82. The molecule has 28 heavy (non-hydrogen) atoms. The molecule has 0 amide bonds. The summed E-state index contributed by atoms with van der Waals surface area (Å²) in [6.45, 7) is 1.87. The van der Waals surface area contributed by atoms with Gasteiger partial charge in [-0.05, 0) is 32.1 Å². The lowest BCUT2D eigenvalue weighted by atomic mass is 10.1. The van der Waals surface area contributed by atoms with Gasteiger partial charge in [-0.2, -0.15) is 0 Å². The van der Waals surface area contributed by atoms with E-state index < -0.39 is 30.4 Å². The molecule has 6 heteroatoms. The Labute approximate surface area is 167 Å². The number of hydrogen-bond donors (Lipinski definition) is 4. The van der Waals surface area contributed by atoms with E-state index in [0.717, 1.165) is 12.8 Å². The molecule has 5 atom stereocenters. The van der Waals surface area contributed by atoms with E-state index in [1.54, 1.807) is 12.2 Å². The van der Waals surface area contributed by atoms with Gasteiger partial charge in [-0.3, -0.25) is 4.79 Å². The SMILES string of the molecule is CC[C@H](O)[C@@H]1C[C@H](O)[C@H](/C=C/[C@@H](O)C/C=C\C/C=C\C/C=C\CCC(=O)O)O1. The Morgan fingerprint density at radius 1 is 1.11 bits per heavy atom. The van der Waals surface area contributed by atoms with E-state index in [1.165, 1.54) is 0 Å². The molecule has 0 spiro atoms. The summed E-state index contributed by atoms with van der Waals surface area (Å²) in [6, 6.07) is 0. The normalized spacial score (nSPS) is 25.5. The molecule has 1 aliphatic rings. The fraction of sp³-hybridized carbons (Fsp3) is 0.591. The predicted molar refractivity (Wildman–Crippen MR) is 109 cm³/mol. The largest absolute Gasteiger partial charge is 0.481 e. The van der Waals surface area contributed by atoms with Gasteiger partial charge < -0.3 is 25.2 Å². The number of aliphatic carboxylic acids is 1. The standard InChI is InChI=1S/C22H34O6/c1-2-18(24)21-16-19(25)20(28-21)15-14-17(23)12-10-8-6-4-3-5-7-9-11-13-22(26)27/h3-4,7-10,14-15,17-21,23-25H,2,5-6,11-13,16H2,1H3,(H,26,27)/b4-3-,9-7-,10-8-,15-14+/t17-,18-,19-,20-,21-/m0/s1. The van der Waals surface area contributed by atoms with Gasteiger partial charge in [0.1, 0.15) is 6.10 Å². The van der Waals surface area contributed by atoms with Crippen LogP contribution in [0.1, 0.15) is 51.9 Å². The topological polar surface area (TPSA) is 107 Å². The molecule has 1 aliphatic heterocycles. The Hall–Kier alpha value is -1.73. The van der Waals surface area contributed by atoms with Crippen molar-refractivity contribution in [1.29, 1.82) is 0 Å². The zero-order valence-electron chi connectivity index (χ0n) is 16.6. The van der Waals surface area contributed by atoms with Crippen LogP contribution in [-0.2, 0) is 9.53 Å². The molecule has 0 aromatic rings. The van der Waals surface area contributed by atoms with Gasteiger partial charge in [-0.1, -0.05) is 55.5 Å². The van der Waals surface area contributed by atoms with E-state index in [2.05, 4.69) is 0 Å². The molecule has 0 aromatic heterocycles. The lowest BCUT2D eigenvalue weighted by Crippen LogP contribution is -2.25. The van der Waals surface area contributed by atoms with E-state index in [1.807, 2.05) is 43.4 Å². The van der Waals surface area contributed by atoms with E-state index >= 15 is 0 Å². The summed E-state index contributed by atoms with van der Waals surface area (Å²) in [6.07, 6.45) is 16.0. The van der Waals surface area contributed by atoms with E-state index in [0.29, 0.717) is 25.7 Å². The first kappa shape index (κ1) is 24.3. The van der Waals surface area contributed by atoms with Crippen molar-refractivity contribution < 1.29 is 30.0 Å². The highest BCUT2D eigenvalue weighted by Gasteiger charge is 2.35. The van der Waals surface area contributed by atoms with Crippen molar-refractivity contribution in [2.45, 2.75) is 82.4 Å². The van der Waals surface area contributed by atoms with Crippen LogP contribution in [0.3, 0.4) is 0 Å². The van der Waals surface area contributed by atoms with Crippen LogP contribution in [0, 0.1) is 0 Å². The number of carboxylic acids is 1. The molecule has 0 bridgehead atoms. The molecule has 1 heterocycles. The Balaban J connectivity index is 2.18. The van der Waals surface area contributed by atoms with Crippen LogP contribution in [-0.4, -0.2) is 56.9 Å². The number of hydrogen-bond acceptors (Lipinski definition) is 5. The zero-order chi connectivity index (χ0) is 20.8. The van der Waals surface area contributed by atoms with Crippen LogP contribution < -0.4 is 0 Å². The van der Waals surface area contributed by atoms with Crippen LogP contribution >= 0.6 is 0 Å². The van der Waals surface area contributed by atoms with Gasteiger partial charge in [0.25, 0.3) is 0 Å². The van der Waals surface area contributed by atoms with E-state index in [4.69, 9.17) is 9.84 Å². The molecule has 0 radical (unpaired) electrons. The number of carboxylic acid groups (broad SMARTS) is 1. The number of rotatable bonds is 13. The monoisotopic (exact) mass is 394 g/mol. The van der Waals surface area contributed by atoms with Crippen molar-refractivity contribution in [3.8, 4) is 0 Å². The minimum atomic E-state index is -0.784. The first-order valence-electron chi connectivity index (χ1n) is 9.98. The summed E-state index contributed by atoms with van der Waals surface area (Å²) in [5.74, 6) is -0.784. The van der Waals surface area contributed by atoms with Crippen molar-refractivity contribution in [1.82, 2.24) is 0 Å².